The van der Waals surface area contributed by atoms with Gasteiger partial charge in [0.05, 0.1) is 18.4 Å². The molecule has 104 valence electrons. The molecular weight excluding hydrogens is 316 g/mol. The van der Waals surface area contributed by atoms with Gasteiger partial charge in [-0.05, 0) is 28.9 Å². The molecule has 2 rings (SSSR count). The summed E-state index contributed by atoms with van der Waals surface area (Å²) in [5.74, 6) is -0.0934. The van der Waals surface area contributed by atoms with E-state index in [1.54, 1.807) is 22.8 Å². The van der Waals surface area contributed by atoms with Gasteiger partial charge in [0, 0.05) is 26.2 Å². The summed E-state index contributed by atoms with van der Waals surface area (Å²) in [7, 11) is 0. The molecule has 1 aromatic rings. The standard InChI is InChI=1S/C12H15BrN2O4/c1-2-18-12(17)15-6-4-14(5-7-15)11(16)9-3-8-19-10(9)13/h3,8H,2,4-7H2,1H3. The third-order valence-electron chi connectivity index (χ3n) is 2.94. The van der Waals surface area contributed by atoms with E-state index in [1.807, 2.05) is 0 Å². The van der Waals surface area contributed by atoms with Crippen molar-refractivity contribution in [3.8, 4) is 0 Å². The Morgan fingerprint density at radius 1 is 1.32 bits per heavy atom. The molecule has 0 aromatic carbocycles. The van der Waals surface area contributed by atoms with Gasteiger partial charge in [-0.1, -0.05) is 0 Å². The quantitative estimate of drug-likeness (QED) is 0.831. The van der Waals surface area contributed by atoms with Gasteiger partial charge >= 0.3 is 6.09 Å². The number of hydrogen-bond acceptors (Lipinski definition) is 4. The predicted octanol–water partition coefficient (Wildman–Crippen LogP) is 1.96. The van der Waals surface area contributed by atoms with Crippen LogP contribution in [0.25, 0.3) is 0 Å². The lowest BCUT2D eigenvalue weighted by Crippen LogP contribution is -2.50. The van der Waals surface area contributed by atoms with Gasteiger partial charge in [-0.2, -0.15) is 0 Å². The third kappa shape index (κ3) is 3.09. The zero-order chi connectivity index (χ0) is 13.8. The van der Waals surface area contributed by atoms with Crippen LogP contribution in [0.4, 0.5) is 4.79 Å². The van der Waals surface area contributed by atoms with Gasteiger partial charge < -0.3 is 19.0 Å². The maximum atomic E-state index is 12.2. The van der Waals surface area contributed by atoms with E-state index >= 15 is 0 Å². The number of amides is 2. The molecule has 0 N–H and O–H groups in total. The molecule has 1 saturated heterocycles. The third-order valence-corrected chi connectivity index (χ3v) is 3.56. The normalized spacial score (nSPS) is 15.5. The number of furan rings is 1. The smallest absolute Gasteiger partial charge is 0.409 e. The largest absolute Gasteiger partial charge is 0.457 e. The van der Waals surface area contributed by atoms with E-state index < -0.39 is 0 Å². The highest BCUT2D eigenvalue weighted by atomic mass is 79.9. The first kappa shape index (κ1) is 13.9. The molecule has 0 bridgehead atoms. The minimum Gasteiger partial charge on any atom is -0.457 e. The van der Waals surface area contributed by atoms with E-state index in [9.17, 15) is 9.59 Å². The molecule has 0 atom stereocenters. The van der Waals surface area contributed by atoms with Crippen molar-refractivity contribution in [3.63, 3.8) is 0 Å². The van der Waals surface area contributed by atoms with Crippen molar-refractivity contribution in [2.24, 2.45) is 0 Å². The number of nitrogens with zero attached hydrogens (tertiary/aromatic N) is 2. The number of ether oxygens (including phenoxy) is 1. The van der Waals surface area contributed by atoms with Crippen molar-refractivity contribution in [1.82, 2.24) is 9.80 Å². The SMILES string of the molecule is CCOC(=O)N1CCN(C(=O)c2ccoc2Br)CC1. The van der Waals surface area contributed by atoms with Crippen LogP contribution < -0.4 is 0 Å². The molecule has 1 aliphatic rings. The highest BCUT2D eigenvalue weighted by molar-refractivity contribution is 9.10. The van der Waals surface area contributed by atoms with E-state index in [1.165, 1.54) is 6.26 Å². The first-order valence-corrected chi connectivity index (χ1v) is 6.86. The minimum atomic E-state index is -0.320. The molecular formula is C12H15BrN2O4. The second kappa shape index (κ2) is 6.10. The molecule has 1 aromatic heterocycles. The van der Waals surface area contributed by atoms with Gasteiger partial charge in [-0.15, -0.1) is 0 Å². The molecule has 2 amide bonds. The van der Waals surface area contributed by atoms with Crippen molar-refractivity contribution >= 4 is 27.9 Å². The topological polar surface area (TPSA) is 63.0 Å². The molecule has 6 nitrogen and oxygen atoms in total. The summed E-state index contributed by atoms with van der Waals surface area (Å²) in [4.78, 5) is 27.0. The second-order valence-corrected chi connectivity index (χ2v) is 4.81. The van der Waals surface area contributed by atoms with Crippen molar-refractivity contribution in [1.29, 1.82) is 0 Å². The van der Waals surface area contributed by atoms with Gasteiger partial charge in [0.15, 0.2) is 4.67 Å². The lowest BCUT2D eigenvalue weighted by atomic mass is 10.2. The van der Waals surface area contributed by atoms with Crippen LogP contribution in [0.3, 0.4) is 0 Å². The lowest BCUT2D eigenvalue weighted by Gasteiger charge is -2.33. The zero-order valence-electron chi connectivity index (χ0n) is 10.6. The molecule has 7 heteroatoms. The van der Waals surface area contributed by atoms with Crippen LogP contribution in [0.2, 0.25) is 0 Å². The maximum absolute atomic E-state index is 12.2. The van der Waals surface area contributed by atoms with Gasteiger partial charge in [0.2, 0.25) is 0 Å². The van der Waals surface area contributed by atoms with E-state index in [0.717, 1.165) is 0 Å². The van der Waals surface area contributed by atoms with E-state index in [4.69, 9.17) is 9.15 Å². The molecule has 0 spiro atoms. The number of carbonyl (C=O) groups excluding carboxylic acids is 2. The van der Waals surface area contributed by atoms with Crippen molar-refractivity contribution in [2.45, 2.75) is 6.92 Å². The number of rotatable bonds is 2. The van der Waals surface area contributed by atoms with Crippen LogP contribution in [0.1, 0.15) is 17.3 Å². The molecule has 0 saturated carbocycles. The molecule has 1 fully saturated rings. The maximum Gasteiger partial charge on any atom is 0.409 e. The van der Waals surface area contributed by atoms with Gasteiger partial charge in [0.1, 0.15) is 0 Å². The Hall–Kier alpha value is -1.50. The summed E-state index contributed by atoms with van der Waals surface area (Å²) >= 11 is 3.19. The van der Waals surface area contributed by atoms with Crippen LogP contribution in [-0.4, -0.2) is 54.6 Å². The van der Waals surface area contributed by atoms with Crippen molar-refractivity contribution < 1.29 is 18.7 Å². The average Bonchev–Trinajstić information content (AvgIpc) is 2.84. The Kier molecular flexibility index (Phi) is 4.47. The fraction of sp³-hybridized carbons (Fsp3) is 0.500. The van der Waals surface area contributed by atoms with E-state index in [0.29, 0.717) is 43.0 Å². The Morgan fingerprint density at radius 2 is 1.95 bits per heavy atom. The monoisotopic (exact) mass is 330 g/mol. The Labute approximate surface area is 119 Å². The minimum absolute atomic E-state index is 0.0934. The number of halogens is 1. The second-order valence-electron chi connectivity index (χ2n) is 4.09. The fourth-order valence-electron chi connectivity index (χ4n) is 1.92. The number of piperazine rings is 1. The zero-order valence-corrected chi connectivity index (χ0v) is 12.2. The fourth-order valence-corrected chi connectivity index (χ4v) is 2.33. The molecule has 2 heterocycles. The van der Waals surface area contributed by atoms with Crippen molar-refractivity contribution in [3.05, 3.63) is 22.6 Å². The number of carbonyl (C=O) groups is 2. The number of hydrogen-bond donors (Lipinski definition) is 0. The average molecular weight is 331 g/mol. The Bertz CT molecular complexity index is 466. The summed E-state index contributed by atoms with van der Waals surface area (Å²) in [6, 6.07) is 1.63. The summed E-state index contributed by atoms with van der Waals surface area (Å²) < 4.78 is 10.4. The Morgan fingerprint density at radius 3 is 2.47 bits per heavy atom. The van der Waals surface area contributed by atoms with Gasteiger partial charge in [-0.3, -0.25) is 4.79 Å². The van der Waals surface area contributed by atoms with Crippen LogP contribution in [0.15, 0.2) is 21.4 Å². The summed E-state index contributed by atoms with van der Waals surface area (Å²) in [6.07, 6.45) is 1.14. The Balaban J connectivity index is 1.92. The van der Waals surface area contributed by atoms with Crippen LogP contribution in [0.5, 0.6) is 0 Å². The van der Waals surface area contributed by atoms with Gasteiger partial charge in [-0.25, -0.2) is 4.79 Å². The predicted molar refractivity (Wildman–Crippen MR) is 70.9 cm³/mol. The van der Waals surface area contributed by atoms with Crippen LogP contribution in [-0.2, 0) is 4.74 Å². The van der Waals surface area contributed by atoms with Crippen LogP contribution in [0, 0.1) is 0 Å². The highest BCUT2D eigenvalue weighted by Gasteiger charge is 2.27. The van der Waals surface area contributed by atoms with E-state index in [2.05, 4.69) is 15.9 Å². The molecule has 1 aliphatic heterocycles. The molecule has 0 aliphatic carbocycles. The summed E-state index contributed by atoms with van der Waals surface area (Å²) in [5.41, 5.74) is 0.504. The van der Waals surface area contributed by atoms with Crippen molar-refractivity contribution in [2.75, 3.05) is 32.8 Å². The van der Waals surface area contributed by atoms with E-state index in [-0.39, 0.29) is 12.0 Å². The summed E-state index contributed by atoms with van der Waals surface area (Å²) in [6.45, 7) is 4.10. The molecule has 0 unspecified atom stereocenters. The highest BCUT2D eigenvalue weighted by Crippen LogP contribution is 2.20. The van der Waals surface area contributed by atoms with Crippen LogP contribution >= 0.6 is 15.9 Å². The first-order valence-electron chi connectivity index (χ1n) is 6.07. The first-order chi connectivity index (χ1) is 9.13. The molecule has 19 heavy (non-hydrogen) atoms. The molecule has 0 radical (unpaired) electrons. The lowest BCUT2D eigenvalue weighted by molar-refractivity contribution is 0.0569. The summed E-state index contributed by atoms with van der Waals surface area (Å²) in [5, 5.41) is 0. The van der Waals surface area contributed by atoms with Gasteiger partial charge in [0.25, 0.3) is 5.91 Å².